The van der Waals surface area contributed by atoms with E-state index in [4.69, 9.17) is 14.0 Å². The summed E-state index contributed by atoms with van der Waals surface area (Å²) in [7, 11) is 0.570. The van der Waals surface area contributed by atoms with Crippen molar-refractivity contribution < 1.29 is 27.2 Å². The summed E-state index contributed by atoms with van der Waals surface area (Å²) in [5.74, 6) is 0.108. The highest BCUT2D eigenvalue weighted by Gasteiger charge is 2.52. The van der Waals surface area contributed by atoms with Gasteiger partial charge in [-0.25, -0.2) is 0 Å². The summed E-state index contributed by atoms with van der Waals surface area (Å²) in [4.78, 5) is 0. The van der Waals surface area contributed by atoms with E-state index in [2.05, 4.69) is 0 Å². The quantitative estimate of drug-likeness (QED) is 0.784. The Bertz CT molecular complexity index is 566. The van der Waals surface area contributed by atoms with Gasteiger partial charge in [0.1, 0.15) is 5.75 Å². The third-order valence-corrected chi connectivity index (χ3v) is 4.39. The Labute approximate surface area is 128 Å². The van der Waals surface area contributed by atoms with Crippen molar-refractivity contribution >= 4 is 12.6 Å². The maximum atomic E-state index is 13.0. The van der Waals surface area contributed by atoms with Crippen LogP contribution in [0.15, 0.2) is 12.1 Å². The molecule has 2 rings (SSSR count). The fourth-order valence-corrected chi connectivity index (χ4v) is 2.35. The van der Waals surface area contributed by atoms with E-state index < -0.39 is 30.1 Å². The molecule has 1 aromatic rings. The zero-order chi connectivity index (χ0) is 16.9. The molecule has 0 N–H and O–H groups in total. The smallest absolute Gasteiger partial charge is 0.497 e. The van der Waals surface area contributed by atoms with E-state index in [0.717, 1.165) is 6.07 Å². The molecule has 0 amide bonds. The number of aryl methyl sites for hydroxylation is 1. The lowest BCUT2D eigenvalue weighted by atomic mass is 9.77. The molecular formula is C15H20BF3O3. The average molecular weight is 316 g/mol. The molecule has 0 saturated carbocycles. The Kier molecular flexibility index (Phi) is 4.03. The molecule has 0 atom stereocenters. The molecule has 7 heteroatoms. The van der Waals surface area contributed by atoms with E-state index in [0.29, 0.717) is 5.46 Å². The van der Waals surface area contributed by atoms with Crippen LogP contribution >= 0.6 is 0 Å². The van der Waals surface area contributed by atoms with Gasteiger partial charge in [-0.1, -0.05) is 6.07 Å². The fraction of sp³-hybridized carbons (Fsp3) is 0.600. The minimum absolute atomic E-state index is 0.108. The van der Waals surface area contributed by atoms with Crippen LogP contribution in [0.5, 0.6) is 5.75 Å². The van der Waals surface area contributed by atoms with E-state index >= 15 is 0 Å². The number of rotatable bonds is 2. The molecule has 122 valence electrons. The summed E-state index contributed by atoms with van der Waals surface area (Å²) in [6.45, 7) is 8.96. The van der Waals surface area contributed by atoms with Crippen LogP contribution in [0.25, 0.3) is 0 Å². The van der Waals surface area contributed by atoms with Crippen molar-refractivity contribution in [2.24, 2.45) is 0 Å². The van der Waals surface area contributed by atoms with Crippen molar-refractivity contribution in [3.05, 3.63) is 23.3 Å². The third-order valence-electron chi connectivity index (χ3n) is 4.39. The highest BCUT2D eigenvalue weighted by atomic mass is 19.4. The first kappa shape index (κ1) is 17.2. The predicted molar refractivity (Wildman–Crippen MR) is 78.4 cm³/mol. The number of hydrogen-bond acceptors (Lipinski definition) is 3. The fourth-order valence-electron chi connectivity index (χ4n) is 2.35. The van der Waals surface area contributed by atoms with Crippen LogP contribution in [-0.2, 0) is 15.5 Å². The number of methoxy groups -OCH3 is 1. The Morgan fingerprint density at radius 1 is 1.05 bits per heavy atom. The van der Waals surface area contributed by atoms with Gasteiger partial charge in [0.05, 0.1) is 23.9 Å². The first-order chi connectivity index (χ1) is 9.89. The van der Waals surface area contributed by atoms with E-state index in [9.17, 15) is 13.2 Å². The molecule has 1 saturated heterocycles. The van der Waals surface area contributed by atoms with E-state index in [-0.39, 0.29) is 11.3 Å². The molecule has 0 aliphatic carbocycles. The van der Waals surface area contributed by atoms with Gasteiger partial charge in [-0.05, 0) is 46.2 Å². The van der Waals surface area contributed by atoms with E-state index in [1.165, 1.54) is 20.1 Å². The minimum Gasteiger partial charge on any atom is -0.497 e. The molecule has 1 aliphatic rings. The summed E-state index contributed by atoms with van der Waals surface area (Å²) in [6, 6.07) is 2.42. The monoisotopic (exact) mass is 316 g/mol. The Hall–Kier alpha value is -1.21. The predicted octanol–water partition coefficient (Wildman–Crippen LogP) is 3.32. The van der Waals surface area contributed by atoms with Gasteiger partial charge in [0.2, 0.25) is 0 Å². The lowest BCUT2D eigenvalue weighted by molar-refractivity contribution is -0.138. The molecule has 1 fully saturated rings. The van der Waals surface area contributed by atoms with Crippen LogP contribution in [-0.4, -0.2) is 25.4 Å². The highest BCUT2D eigenvalue weighted by molar-refractivity contribution is 6.63. The maximum absolute atomic E-state index is 13.0. The SMILES string of the molecule is COc1cc(C(F)(F)F)c(C)cc1B1OC(C)(C)C(C)(C)O1. The van der Waals surface area contributed by atoms with E-state index in [1.54, 1.807) is 0 Å². The summed E-state index contributed by atoms with van der Waals surface area (Å²) in [6.07, 6.45) is -4.42. The molecule has 1 heterocycles. The molecule has 0 bridgehead atoms. The van der Waals surface area contributed by atoms with Gasteiger partial charge >= 0.3 is 13.3 Å². The van der Waals surface area contributed by atoms with Crippen molar-refractivity contribution in [1.29, 1.82) is 0 Å². The van der Waals surface area contributed by atoms with Crippen molar-refractivity contribution in [2.75, 3.05) is 7.11 Å². The topological polar surface area (TPSA) is 27.7 Å². The summed E-state index contributed by atoms with van der Waals surface area (Å²) in [5.41, 5.74) is -1.28. The molecular weight excluding hydrogens is 296 g/mol. The molecule has 22 heavy (non-hydrogen) atoms. The Morgan fingerprint density at radius 2 is 1.55 bits per heavy atom. The zero-order valence-electron chi connectivity index (χ0n) is 13.6. The Balaban J connectivity index is 2.48. The molecule has 0 spiro atoms. The van der Waals surface area contributed by atoms with Crippen molar-refractivity contribution in [3.8, 4) is 5.75 Å². The standard InChI is InChI=1S/C15H20BF3O3/c1-9-7-11(12(20-6)8-10(9)15(17,18)19)16-21-13(2,3)14(4,5)22-16/h7-8H,1-6H3. The third kappa shape index (κ3) is 2.84. The second kappa shape index (κ2) is 5.16. The molecule has 0 unspecified atom stereocenters. The molecule has 0 radical (unpaired) electrons. The van der Waals surface area contributed by atoms with Gasteiger partial charge in [0, 0.05) is 5.46 Å². The second-order valence-electron chi connectivity index (χ2n) is 6.50. The van der Waals surface area contributed by atoms with Gasteiger partial charge in [-0.2, -0.15) is 13.2 Å². The van der Waals surface area contributed by atoms with Gasteiger partial charge in [0.25, 0.3) is 0 Å². The Morgan fingerprint density at radius 3 is 1.95 bits per heavy atom. The average Bonchev–Trinajstić information content (AvgIpc) is 2.56. The van der Waals surface area contributed by atoms with Crippen molar-refractivity contribution in [3.63, 3.8) is 0 Å². The van der Waals surface area contributed by atoms with Crippen LogP contribution in [0, 0.1) is 6.92 Å². The number of hydrogen-bond donors (Lipinski definition) is 0. The molecule has 1 aliphatic heterocycles. The lowest BCUT2D eigenvalue weighted by Gasteiger charge is -2.32. The summed E-state index contributed by atoms with van der Waals surface area (Å²) >= 11 is 0. The first-order valence-electron chi connectivity index (χ1n) is 7.00. The number of benzene rings is 1. The number of ether oxygens (including phenoxy) is 1. The summed E-state index contributed by atoms with van der Waals surface area (Å²) in [5, 5.41) is 0. The molecule has 3 nitrogen and oxygen atoms in total. The van der Waals surface area contributed by atoms with Gasteiger partial charge < -0.3 is 14.0 Å². The van der Waals surface area contributed by atoms with Gasteiger partial charge in [-0.3, -0.25) is 0 Å². The number of halogens is 3. The van der Waals surface area contributed by atoms with Crippen LogP contribution in [0.1, 0.15) is 38.8 Å². The van der Waals surface area contributed by atoms with Crippen molar-refractivity contribution in [1.82, 2.24) is 0 Å². The lowest BCUT2D eigenvalue weighted by Crippen LogP contribution is -2.41. The van der Waals surface area contributed by atoms with Crippen LogP contribution in [0.4, 0.5) is 13.2 Å². The normalized spacial score (nSPS) is 20.3. The molecule has 0 aromatic heterocycles. The van der Waals surface area contributed by atoms with Crippen LogP contribution in [0.3, 0.4) is 0 Å². The van der Waals surface area contributed by atoms with Crippen molar-refractivity contribution in [2.45, 2.75) is 52.0 Å². The van der Waals surface area contributed by atoms with Gasteiger partial charge in [-0.15, -0.1) is 0 Å². The minimum atomic E-state index is -4.42. The molecule has 1 aromatic carbocycles. The highest BCUT2D eigenvalue weighted by Crippen LogP contribution is 2.38. The number of alkyl halides is 3. The maximum Gasteiger partial charge on any atom is 0.498 e. The van der Waals surface area contributed by atoms with Gasteiger partial charge in [0.15, 0.2) is 0 Å². The van der Waals surface area contributed by atoms with Crippen LogP contribution in [0.2, 0.25) is 0 Å². The van der Waals surface area contributed by atoms with E-state index in [1.807, 2.05) is 27.7 Å². The second-order valence-corrected chi connectivity index (χ2v) is 6.50. The largest absolute Gasteiger partial charge is 0.498 e. The van der Waals surface area contributed by atoms with Crippen LogP contribution < -0.4 is 10.2 Å². The summed E-state index contributed by atoms with van der Waals surface area (Å²) < 4.78 is 55.9. The zero-order valence-corrected chi connectivity index (χ0v) is 13.6. The first-order valence-corrected chi connectivity index (χ1v) is 7.00.